The molecule has 18 heavy (non-hydrogen) atoms. The first-order valence-electron chi connectivity index (χ1n) is 6.44. The molecule has 2 heterocycles. The first kappa shape index (κ1) is 11.6. The van der Waals surface area contributed by atoms with Gasteiger partial charge in [-0.1, -0.05) is 0 Å². The molecular weight excluding hydrogens is 228 g/mol. The predicted molar refractivity (Wildman–Crippen MR) is 69.2 cm³/mol. The van der Waals surface area contributed by atoms with Crippen molar-refractivity contribution in [2.24, 2.45) is 0 Å². The average Bonchev–Trinajstić information content (AvgIpc) is 3.15. The van der Waals surface area contributed by atoms with E-state index >= 15 is 0 Å². The molecule has 0 radical (unpaired) electrons. The molecule has 2 N–H and O–H groups in total. The van der Waals surface area contributed by atoms with E-state index in [0.29, 0.717) is 12.6 Å². The Bertz CT molecular complexity index is 559. The van der Waals surface area contributed by atoms with Gasteiger partial charge in [-0.3, -0.25) is 0 Å². The molecule has 2 aromatic heterocycles. The Morgan fingerprint density at radius 1 is 1.50 bits per heavy atom. The van der Waals surface area contributed by atoms with E-state index in [9.17, 15) is 0 Å². The molecule has 0 aromatic carbocycles. The minimum absolute atomic E-state index is 0.0862. The third-order valence-electron chi connectivity index (χ3n) is 3.31. The molecule has 0 amide bonds. The number of aryl methyl sites for hydroxylation is 1. The summed E-state index contributed by atoms with van der Waals surface area (Å²) in [7, 11) is 0. The monoisotopic (exact) mass is 246 g/mol. The van der Waals surface area contributed by atoms with Crippen molar-refractivity contribution in [3.8, 4) is 0 Å². The predicted octanol–water partition coefficient (Wildman–Crippen LogP) is 0.984. The van der Waals surface area contributed by atoms with Gasteiger partial charge in [-0.05, 0) is 31.4 Å². The number of fused-ring (bicyclic) bond motifs is 1. The number of aliphatic hydroxyl groups excluding tert-OH is 1. The number of rotatable bonds is 5. The van der Waals surface area contributed by atoms with Crippen molar-refractivity contribution < 1.29 is 5.11 Å². The summed E-state index contributed by atoms with van der Waals surface area (Å²) in [4.78, 5) is 4.47. The number of aliphatic hydroxyl groups is 1. The maximum absolute atomic E-state index is 9.00. The summed E-state index contributed by atoms with van der Waals surface area (Å²) in [5.41, 5.74) is 3.02. The van der Waals surface area contributed by atoms with E-state index in [4.69, 9.17) is 5.11 Å². The van der Waals surface area contributed by atoms with Crippen LogP contribution in [0.2, 0.25) is 0 Å². The van der Waals surface area contributed by atoms with Gasteiger partial charge in [-0.25, -0.2) is 9.67 Å². The second-order valence-corrected chi connectivity index (χ2v) is 4.90. The number of nitrogens with one attached hydrogen (secondary N) is 1. The van der Waals surface area contributed by atoms with Gasteiger partial charge in [0.05, 0.1) is 18.8 Å². The normalized spacial score (nSPS) is 15.4. The van der Waals surface area contributed by atoms with Crippen LogP contribution in [0.5, 0.6) is 0 Å². The van der Waals surface area contributed by atoms with Crippen LogP contribution in [0.3, 0.4) is 0 Å². The second kappa shape index (κ2) is 4.66. The van der Waals surface area contributed by atoms with Crippen molar-refractivity contribution in [3.63, 3.8) is 0 Å². The molecule has 0 aliphatic heterocycles. The number of hydrogen-bond acceptors (Lipinski definition) is 4. The van der Waals surface area contributed by atoms with E-state index in [1.54, 1.807) is 4.68 Å². The molecular formula is C13H18N4O. The van der Waals surface area contributed by atoms with Crippen molar-refractivity contribution in [1.82, 2.24) is 20.1 Å². The lowest BCUT2D eigenvalue weighted by Gasteiger charge is -2.03. The van der Waals surface area contributed by atoms with Crippen LogP contribution in [0.25, 0.3) is 11.0 Å². The SMILES string of the molecule is Cc1nn(CCO)c2ncc(CNC3CC3)cc12. The molecule has 5 nitrogen and oxygen atoms in total. The summed E-state index contributed by atoms with van der Waals surface area (Å²) >= 11 is 0. The summed E-state index contributed by atoms with van der Waals surface area (Å²) < 4.78 is 1.77. The number of hydrogen-bond donors (Lipinski definition) is 2. The largest absolute Gasteiger partial charge is 0.394 e. The van der Waals surface area contributed by atoms with E-state index < -0.39 is 0 Å². The molecule has 1 fully saturated rings. The minimum atomic E-state index is 0.0862. The third-order valence-corrected chi connectivity index (χ3v) is 3.31. The Balaban J connectivity index is 1.88. The van der Waals surface area contributed by atoms with Gasteiger partial charge >= 0.3 is 0 Å². The molecule has 1 saturated carbocycles. The van der Waals surface area contributed by atoms with Crippen LogP contribution in [0.4, 0.5) is 0 Å². The van der Waals surface area contributed by atoms with Crippen molar-refractivity contribution in [3.05, 3.63) is 23.5 Å². The van der Waals surface area contributed by atoms with E-state index in [0.717, 1.165) is 23.3 Å². The average molecular weight is 246 g/mol. The second-order valence-electron chi connectivity index (χ2n) is 4.90. The molecule has 0 unspecified atom stereocenters. The lowest BCUT2D eigenvalue weighted by molar-refractivity contribution is 0.271. The van der Waals surface area contributed by atoms with Crippen molar-refractivity contribution in [2.45, 2.75) is 38.9 Å². The summed E-state index contributed by atoms with van der Waals surface area (Å²) in [6.07, 6.45) is 4.49. The summed E-state index contributed by atoms with van der Waals surface area (Å²) in [6, 6.07) is 2.85. The zero-order valence-corrected chi connectivity index (χ0v) is 10.6. The number of nitrogens with zero attached hydrogens (tertiary/aromatic N) is 3. The van der Waals surface area contributed by atoms with Crippen LogP contribution >= 0.6 is 0 Å². The number of aromatic nitrogens is 3. The summed E-state index contributed by atoms with van der Waals surface area (Å²) in [5.74, 6) is 0. The Hall–Kier alpha value is -1.46. The van der Waals surface area contributed by atoms with Crippen LogP contribution < -0.4 is 5.32 Å². The maximum atomic E-state index is 9.00. The number of pyridine rings is 1. The highest BCUT2D eigenvalue weighted by atomic mass is 16.3. The van der Waals surface area contributed by atoms with Crippen LogP contribution in [-0.2, 0) is 13.1 Å². The van der Waals surface area contributed by atoms with Gasteiger partial charge in [0.1, 0.15) is 0 Å². The smallest absolute Gasteiger partial charge is 0.158 e. The molecule has 0 saturated heterocycles. The molecule has 0 bridgehead atoms. The third kappa shape index (κ3) is 2.23. The standard InChI is InChI=1S/C13H18N4O/c1-9-12-6-10(7-14-11-2-3-11)8-15-13(12)17(16-9)4-5-18/h6,8,11,14,18H,2-5,7H2,1H3. The minimum Gasteiger partial charge on any atom is -0.394 e. The van der Waals surface area contributed by atoms with E-state index in [2.05, 4.69) is 21.5 Å². The van der Waals surface area contributed by atoms with Crippen LogP contribution in [0, 0.1) is 6.92 Å². The van der Waals surface area contributed by atoms with Gasteiger partial charge in [0.25, 0.3) is 0 Å². The van der Waals surface area contributed by atoms with Gasteiger partial charge < -0.3 is 10.4 Å². The van der Waals surface area contributed by atoms with Gasteiger partial charge in [-0.2, -0.15) is 5.10 Å². The zero-order chi connectivity index (χ0) is 12.5. The Morgan fingerprint density at radius 3 is 3.06 bits per heavy atom. The highest BCUT2D eigenvalue weighted by Crippen LogP contribution is 2.21. The highest BCUT2D eigenvalue weighted by molar-refractivity contribution is 5.78. The van der Waals surface area contributed by atoms with Gasteiger partial charge in [-0.15, -0.1) is 0 Å². The van der Waals surface area contributed by atoms with E-state index in [1.807, 2.05) is 13.1 Å². The van der Waals surface area contributed by atoms with Gasteiger partial charge in [0, 0.05) is 24.2 Å². The fourth-order valence-electron chi connectivity index (χ4n) is 2.15. The molecule has 1 aliphatic rings. The van der Waals surface area contributed by atoms with Crippen molar-refractivity contribution in [2.75, 3.05) is 6.61 Å². The molecule has 1 aliphatic carbocycles. The Kier molecular flexibility index (Phi) is 3.01. The Labute approximate surface area is 106 Å². The quantitative estimate of drug-likeness (QED) is 0.825. The topological polar surface area (TPSA) is 63.0 Å². The first-order valence-corrected chi connectivity index (χ1v) is 6.44. The van der Waals surface area contributed by atoms with Crippen molar-refractivity contribution in [1.29, 1.82) is 0 Å². The van der Waals surface area contributed by atoms with Crippen LogP contribution in [0.15, 0.2) is 12.3 Å². The maximum Gasteiger partial charge on any atom is 0.158 e. The van der Waals surface area contributed by atoms with Gasteiger partial charge in [0.15, 0.2) is 5.65 Å². The van der Waals surface area contributed by atoms with Crippen molar-refractivity contribution >= 4 is 11.0 Å². The first-order chi connectivity index (χ1) is 8.78. The molecule has 5 heteroatoms. The fraction of sp³-hybridized carbons (Fsp3) is 0.538. The summed E-state index contributed by atoms with van der Waals surface area (Å²) in [5, 5.41) is 18.0. The fourth-order valence-corrected chi connectivity index (χ4v) is 2.15. The van der Waals surface area contributed by atoms with E-state index in [-0.39, 0.29) is 6.61 Å². The molecule has 3 rings (SSSR count). The molecule has 0 spiro atoms. The Morgan fingerprint density at radius 2 is 2.33 bits per heavy atom. The molecule has 96 valence electrons. The zero-order valence-electron chi connectivity index (χ0n) is 10.6. The van der Waals surface area contributed by atoms with E-state index in [1.165, 1.54) is 18.4 Å². The molecule has 2 aromatic rings. The van der Waals surface area contributed by atoms with Gasteiger partial charge in [0.2, 0.25) is 0 Å². The summed E-state index contributed by atoms with van der Waals surface area (Å²) in [6.45, 7) is 3.44. The molecule has 0 atom stereocenters. The lowest BCUT2D eigenvalue weighted by Crippen LogP contribution is -2.15. The van der Waals surface area contributed by atoms with Crippen LogP contribution in [0.1, 0.15) is 24.1 Å². The lowest BCUT2D eigenvalue weighted by atomic mass is 10.2. The highest BCUT2D eigenvalue weighted by Gasteiger charge is 2.20. The van der Waals surface area contributed by atoms with Crippen LogP contribution in [-0.4, -0.2) is 32.5 Å².